The highest BCUT2D eigenvalue weighted by molar-refractivity contribution is 5.06. The lowest BCUT2D eigenvalue weighted by Gasteiger charge is -2.34. The molecule has 0 aromatic carbocycles. The molecule has 0 spiro atoms. The number of hydrogen-bond acceptors (Lipinski definition) is 10. The molecule has 1 fully saturated rings. The molecule has 0 aliphatic carbocycles. The van der Waals surface area contributed by atoms with E-state index < -0.39 is 18.3 Å². The van der Waals surface area contributed by atoms with E-state index in [0.717, 1.165) is 37.6 Å². The van der Waals surface area contributed by atoms with Gasteiger partial charge >= 0.3 is 0 Å². The summed E-state index contributed by atoms with van der Waals surface area (Å²) in [4.78, 5) is 13.3. The molecule has 1 saturated heterocycles. The number of rotatable bonds is 12. The van der Waals surface area contributed by atoms with E-state index in [1.165, 1.54) is 5.01 Å². The summed E-state index contributed by atoms with van der Waals surface area (Å²) in [6.07, 6.45) is 3.38. The van der Waals surface area contributed by atoms with Gasteiger partial charge in [0.05, 0.1) is 24.0 Å². The standard InChI is InChI=1S/C24H37N7O3/c1-29(14-19(25)15-31(26)18-23-24(33)22(32)8-13-34-23)11-12-30(16-20-6-2-4-9-27-20)17-21-7-3-5-10-28-21/h2-7,9-10,15,22-24,32-33H,8,11-14,16-18,25-26H2,1H3/b19-15-. The first-order chi connectivity index (χ1) is 16.4. The Hall–Kier alpha value is -2.60. The Morgan fingerprint density at radius 1 is 1.09 bits per heavy atom. The van der Waals surface area contributed by atoms with Crippen molar-refractivity contribution in [2.24, 2.45) is 11.6 Å². The first-order valence-electron chi connectivity index (χ1n) is 11.6. The van der Waals surface area contributed by atoms with Crippen LogP contribution in [0.3, 0.4) is 0 Å². The summed E-state index contributed by atoms with van der Waals surface area (Å²) in [5.41, 5.74) is 8.82. The average molecular weight is 472 g/mol. The number of aromatic nitrogens is 2. The van der Waals surface area contributed by atoms with Crippen LogP contribution in [0.25, 0.3) is 0 Å². The number of hydrazine groups is 1. The molecular weight excluding hydrogens is 434 g/mol. The molecule has 1 aliphatic heterocycles. The van der Waals surface area contributed by atoms with Crippen LogP contribution in [-0.2, 0) is 17.8 Å². The average Bonchev–Trinajstić information content (AvgIpc) is 2.81. The molecule has 0 radical (unpaired) electrons. The lowest BCUT2D eigenvalue weighted by molar-refractivity contribution is -0.139. The summed E-state index contributed by atoms with van der Waals surface area (Å²) in [7, 11) is 2.01. The molecule has 10 nitrogen and oxygen atoms in total. The minimum Gasteiger partial charge on any atom is -0.400 e. The molecule has 2 aromatic heterocycles. The fourth-order valence-corrected chi connectivity index (χ4v) is 3.89. The maximum absolute atomic E-state index is 10.1. The highest BCUT2D eigenvalue weighted by Gasteiger charge is 2.32. The van der Waals surface area contributed by atoms with Gasteiger partial charge in [-0.1, -0.05) is 12.1 Å². The molecule has 0 bridgehead atoms. The summed E-state index contributed by atoms with van der Waals surface area (Å²) < 4.78 is 5.53. The van der Waals surface area contributed by atoms with Gasteiger partial charge in [-0.2, -0.15) is 0 Å². The van der Waals surface area contributed by atoms with Crippen molar-refractivity contribution in [2.45, 2.75) is 37.8 Å². The number of aliphatic hydroxyl groups is 2. The monoisotopic (exact) mass is 471 g/mol. The second-order valence-electron chi connectivity index (χ2n) is 8.75. The van der Waals surface area contributed by atoms with E-state index in [1.54, 1.807) is 6.20 Å². The van der Waals surface area contributed by atoms with Crippen molar-refractivity contribution in [1.82, 2.24) is 24.8 Å². The van der Waals surface area contributed by atoms with Gasteiger partial charge in [-0.05, 0) is 37.7 Å². The van der Waals surface area contributed by atoms with Crippen LogP contribution in [0, 0.1) is 0 Å². The smallest absolute Gasteiger partial charge is 0.108 e. The second-order valence-corrected chi connectivity index (χ2v) is 8.75. The van der Waals surface area contributed by atoms with E-state index >= 15 is 0 Å². The van der Waals surface area contributed by atoms with Gasteiger partial charge in [-0.15, -0.1) is 0 Å². The van der Waals surface area contributed by atoms with Crippen LogP contribution in [0.5, 0.6) is 0 Å². The first-order valence-corrected chi connectivity index (χ1v) is 11.6. The van der Waals surface area contributed by atoms with Crippen molar-refractivity contribution in [3.8, 4) is 0 Å². The topological polar surface area (TPSA) is 137 Å². The SMILES string of the molecule is CN(CCN(Cc1ccccn1)Cc1ccccn1)C/C(N)=C/N(N)CC1OCCC(O)C1O. The number of pyridine rings is 2. The molecule has 6 N–H and O–H groups in total. The largest absolute Gasteiger partial charge is 0.400 e. The first kappa shape index (κ1) is 26.0. The molecule has 3 heterocycles. The number of aliphatic hydroxyl groups excluding tert-OH is 2. The van der Waals surface area contributed by atoms with Gasteiger partial charge in [-0.25, -0.2) is 5.84 Å². The second kappa shape index (κ2) is 13.3. The number of ether oxygens (including phenoxy) is 1. The molecule has 10 heteroatoms. The Balaban J connectivity index is 1.50. The Morgan fingerprint density at radius 2 is 1.74 bits per heavy atom. The highest BCUT2D eigenvalue weighted by atomic mass is 16.5. The van der Waals surface area contributed by atoms with E-state index in [0.29, 0.717) is 25.3 Å². The zero-order valence-electron chi connectivity index (χ0n) is 19.8. The summed E-state index contributed by atoms with van der Waals surface area (Å²) in [5, 5.41) is 21.3. The van der Waals surface area contributed by atoms with E-state index in [2.05, 4.69) is 19.8 Å². The van der Waals surface area contributed by atoms with Crippen LogP contribution >= 0.6 is 0 Å². The van der Waals surface area contributed by atoms with Gasteiger partial charge in [0.25, 0.3) is 0 Å². The quantitative estimate of drug-likeness (QED) is 0.245. The maximum atomic E-state index is 10.1. The lowest BCUT2D eigenvalue weighted by atomic mass is 10.0. The Morgan fingerprint density at radius 3 is 2.32 bits per heavy atom. The van der Waals surface area contributed by atoms with Crippen LogP contribution < -0.4 is 11.6 Å². The normalized spacial score (nSPS) is 21.2. The minimum absolute atomic E-state index is 0.241. The van der Waals surface area contributed by atoms with Crippen molar-refractivity contribution < 1.29 is 14.9 Å². The molecule has 0 saturated carbocycles. The lowest BCUT2D eigenvalue weighted by Crippen LogP contribution is -2.50. The molecule has 2 aromatic rings. The van der Waals surface area contributed by atoms with Crippen LogP contribution in [0.15, 0.2) is 60.7 Å². The number of hydrogen-bond donors (Lipinski definition) is 4. The van der Waals surface area contributed by atoms with Crippen LogP contribution in [0.1, 0.15) is 17.8 Å². The van der Waals surface area contributed by atoms with Gasteiger partial charge < -0.3 is 25.7 Å². The van der Waals surface area contributed by atoms with Crippen LogP contribution in [0.2, 0.25) is 0 Å². The maximum Gasteiger partial charge on any atom is 0.108 e. The molecule has 1 aliphatic rings. The molecule has 3 rings (SSSR count). The number of nitrogens with two attached hydrogens (primary N) is 2. The summed E-state index contributed by atoms with van der Waals surface area (Å²) in [5.74, 6) is 6.05. The fourth-order valence-electron chi connectivity index (χ4n) is 3.89. The van der Waals surface area contributed by atoms with Crippen molar-refractivity contribution in [3.05, 3.63) is 72.1 Å². The molecule has 186 valence electrons. The number of likely N-dealkylation sites (N-methyl/N-ethyl adjacent to an activating group) is 1. The number of nitrogens with zero attached hydrogens (tertiary/aromatic N) is 5. The molecule has 3 unspecified atom stereocenters. The minimum atomic E-state index is -0.957. The Kier molecular flexibility index (Phi) is 10.2. The van der Waals surface area contributed by atoms with Crippen molar-refractivity contribution in [1.29, 1.82) is 0 Å². The Bertz CT molecular complexity index is 830. The fraction of sp³-hybridized carbons (Fsp3) is 0.500. The van der Waals surface area contributed by atoms with Gasteiger partial charge in [0, 0.05) is 63.6 Å². The van der Waals surface area contributed by atoms with Gasteiger partial charge in [0.1, 0.15) is 12.2 Å². The third-order valence-corrected chi connectivity index (χ3v) is 5.72. The summed E-state index contributed by atoms with van der Waals surface area (Å²) in [6, 6.07) is 11.9. The van der Waals surface area contributed by atoms with Crippen molar-refractivity contribution in [2.75, 3.05) is 39.8 Å². The van der Waals surface area contributed by atoms with Gasteiger partial charge in [0.15, 0.2) is 0 Å². The van der Waals surface area contributed by atoms with Crippen LogP contribution in [-0.4, -0.2) is 93.1 Å². The zero-order chi connectivity index (χ0) is 24.3. The molecule has 3 atom stereocenters. The van der Waals surface area contributed by atoms with Crippen LogP contribution in [0.4, 0.5) is 0 Å². The Labute approximate surface area is 201 Å². The predicted molar refractivity (Wildman–Crippen MR) is 130 cm³/mol. The summed E-state index contributed by atoms with van der Waals surface area (Å²) >= 11 is 0. The molecule has 34 heavy (non-hydrogen) atoms. The van der Waals surface area contributed by atoms with Gasteiger partial charge in [-0.3, -0.25) is 19.8 Å². The van der Waals surface area contributed by atoms with Gasteiger partial charge in [0.2, 0.25) is 0 Å². The molecule has 0 amide bonds. The van der Waals surface area contributed by atoms with E-state index in [4.69, 9.17) is 16.3 Å². The zero-order valence-corrected chi connectivity index (χ0v) is 19.8. The van der Waals surface area contributed by atoms with E-state index in [-0.39, 0.29) is 6.54 Å². The summed E-state index contributed by atoms with van der Waals surface area (Å²) in [6.45, 7) is 4.21. The van der Waals surface area contributed by atoms with Crippen molar-refractivity contribution >= 4 is 0 Å². The predicted octanol–water partition coefficient (Wildman–Crippen LogP) is -0.103. The van der Waals surface area contributed by atoms with Crippen molar-refractivity contribution in [3.63, 3.8) is 0 Å². The molecular formula is C24H37N7O3. The van der Waals surface area contributed by atoms with E-state index in [9.17, 15) is 10.2 Å². The van der Waals surface area contributed by atoms with E-state index in [1.807, 2.05) is 55.8 Å². The highest BCUT2D eigenvalue weighted by Crippen LogP contribution is 2.15. The third-order valence-electron chi connectivity index (χ3n) is 5.72. The third kappa shape index (κ3) is 8.64.